The second kappa shape index (κ2) is 13.4. The number of likely N-dealkylation sites (tertiary alicyclic amines) is 2. The quantitative estimate of drug-likeness (QED) is 0.428. The number of aliphatic hydroxyl groups excluding tert-OH is 2. The lowest BCUT2D eigenvalue weighted by molar-refractivity contribution is -0.00293. The smallest absolute Gasteiger partial charge is 0.122 e. The van der Waals surface area contributed by atoms with Crippen LogP contribution in [0.2, 0.25) is 0 Å². The zero-order valence-electron chi connectivity index (χ0n) is 22.1. The monoisotopic (exact) mass is 496 g/mol. The summed E-state index contributed by atoms with van der Waals surface area (Å²) in [6, 6.07) is 12.6. The van der Waals surface area contributed by atoms with Gasteiger partial charge in [-0.1, -0.05) is 24.3 Å². The van der Waals surface area contributed by atoms with Gasteiger partial charge in [-0.05, 0) is 100.0 Å². The first-order valence-electron chi connectivity index (χ1n) is 13.8. The lowest BCUT2D eigenvalue weighted by Gasteiger charge is -2.35. The van der Waals surface area contributed by atoms with Crippen LogP contribution in [0, 0.1) is 19.8 Å². The van der Waals surface area contributed by atoms with Crippen LogP contribution in [0.4, 0.5) is 0 Å². The largest absolute Gasteiger partial charge is 0.493 e. The van der Waals surface area contributed by atoms with Crippen molar-refractivity contribution in [1.82, 2.24) is 9.80 Å². The maximum atomic E-state index is 10.2. The molecule has 0 radical (unpaired) electrons. The number of hydrogen-bond acceptors (Lipinski definition) is 6. The average Bonchev–Trinajstić information content (AvgIpc) is 3.40. The highest BCUT2D eigenvalue weighted by Crippen LogP contribution is 2.35. The Morgan fingerprint density at radius 3 is 1.89 bits per heavy atom. The van der Waals surface area contributed by atoms with E-state index in [9.17, 15) is 10.2 Å². The number of nitrogens with zero attached hydrogens (tertiary/aromatic N) is 2. The average molecular weight is 497 g/mol. The van der Waals surface area contributed by atoms with E-state index in [2.05, 4.69) is 54.0 Å². The molecule has 2 aromatic rings. The third-order valence-electron chi connectivity index (χ3n) is 7.85. The summed E-state index contributed by atoms with van der Waals surface area (Å²) in [5, 5.41) is 19.5. The van der Waals surface area contributed by atoms with Gasteiger partial charge in [0.1, 0.15) is 11.5 Å². The highest BCUT2D eigenvalue weighted by Gasteiger charge is 2.26. The Morgan fingerprint density at radius 2 is 1.36 bits per heavy atom. The number of β-amino-alcohol motifs (C(OH)–C–C–N with tert-alkyl or cyclic N) is 1. The molecule has 4 rings (SSSR count). The van der Waals surface area contributed by atoms with E-state index < -0.39 is 6.10 Å². The van der Waals surface area contributed by atoms with Crippen molar-refractivity contribution in [3.8, 4) is 22.6 Å². The molecule has 0 spiro atoms. The Labute approximate surface area is 216 Å². The summed E-state index contributed by atoms with van der Waals surface area (Å²) in [6.45, 7) is 11.8. The summed E-state index contributed by atoms with van der Waals surface area (Å²) >= 11 is 0. The molecular weight excluding hydrogens is 452 g/mol. The van der Waals surface area contributed by atoms with E-state index in [0.29, 0.717) is 13.2 Å². The van der Waals surface area contributed by atoms with Crippen molar-refractivity contribution in [2.75, 3.05) is 59.1 Å². The van der Waals surface area contributed by atoms with Crippen molar-refractivity contribution < 1.29 is 19.7 Å². The molecule has 0 saturated carbocycles. The molecule has 2 aliphatic heterocycles. The Kier molecular flexibility index (Phi) is 10.0. The summed E-state index contributed by atoms with van der Waals surface area (Å²) < 4.78 is 12.4. The maximum Gasteiger partial charge on any atom is 0.122 e. The Balaban J connectivity index is 1.30. The van der Waals surface area contributed by atoms with Crippen LogP contribution >= 0.6 is 0 Å². The second-order valence-corrected chi connectivity index (χ2v) is 10.4. The van der Waals surface area contributed by atoms with E-state index in [1.807, 2.05) is 6.07 Å². The van der Waals surface area contributed by atoms with E-state index in [4.69, 9.17) is 9.47 Å². The summed E-state index contributed by atoms with van der Waals surface area (Å²) in [4.78, 5) is 4.80. The maximum absolute atomic E-state index is 10.2. The topological polar surface area (TPSA) is 65.4 Å². The fourth-order valence-electron chi connectivity index (χ4n) is 5.53. The van der Waals surface area contributed by atoms with Gasteiger partial charge in [-0.25, -0.2) is 0 Å². The van der Waals surface area contributed by atoms with Gasteiger partial charge in [0.2, 0.25) is 0 Å². The molecule has 2 saturated heterocycles. The van der Waals surface area contributed by atoms with E-state index in [0.717, 1.165) is 62.6 Å². The van der Waals surface area contributed by atoms with Crippen LogP contribution in [0.1, 0.15) is 43.2 Å². The molecule has 0 aliphatic carbocycles. The summed E-state index contributed by atoms with van der Waals surface area (Å²) in [7, 11) is 0. The number of piperidine rings is 1. The van der Waals surface area contributed by atoms with Crippen LogP contribution in [-0.4, -0.2) is 85.2 Å². The van der Waals surface area contributed by atoms with Crippen molar-refractivity contribution in [2.45, 2.75) is 52.1 Å². The first-order chi connectivity index (χ1) is 17.6. The van der Waals surface area contributed by atoms with Crippen LogP contribution in [-0.2, 0) is 0 Å². The molecule has 2 heterocycles. The lowest BCUT2D eigenvalue weighted by Crippen LogP contribution is -2.45. The Bertz CT molecular complexity index is 960. The molecule has 36 heavy (non-hydrogen) atoms. The van der Waals surface area contributed by atoms with Crippen molar-refractivity contribution in [3.05, 3.63) is 47.5 Å². The molecule has 2 atom stereocenters. The predicted octanol–water partition coefficient (Wildman–Crippen LogP) is 4.28. The summed E-state index contributed by atoms with van der Waals surface area (Å²) in [5.74, 6) is 1.90. The number of benzene rings is 2. The highest BCUT2D eigenvalue weighted by molar-refractivity contribution is 5.74. The van der Waals surface area contributed by atoms with E-state index in [1.165, 1.54) is 42.6 Å². The van der Waals surface area contributed by atoms with Crippen LogP contribution in [0.3, 0.4) is 0 Å². The Morgan fingerprint density at radius 1 is 0.806 bits per heavy atom. The second-order valence-electron chi connectivity index (χ2n) is 10.4. The third-order valence-corrected chi connectivity index (χ3v) is 7.85. The van der Waals surface area contributed by atoms with E-state index in [1.54, 1.807) is 0 Å². The van der Waals surface area contributed by atoms with Gasteiger partial charge in [0, 0.05) is 32.2 Å². The lowest BCUT2D eigenvalue weighted by atomic mass is 9.95. The molecule has 2 fully saturated rings. The standard InChI is InChI=1S/C30H44N2O4/c1-23-26(9-5-11-29(23)35-19-7-16-31-14-3-4-15-31)27-10-6-12-30(24(27)2)36-20-8-17-32-18-13-25(22-33)28(34)21-32/h5-6,9-12,25,28,33-34H,3-4,7-8,13-22H2,1-2H3. The zero-order chi connectivity index (χ0) is 25.3. The molecule has 6 nitrogen and oxygen atoms in total. The zero-order valence-corrected chi connectivity index (χ0v) is 22.1. The Hall–Kier alpha value is -2.12. The molecule has 0 aromatic heterocycles. The molecular formula is C30H44N2O4. The molecule has 2 unspecified atom stereocenters. The predicted molar refractivity (Wildman–Crippen MR) is 145 cm³/mol. The van der Waals surface area contributed by atoms with Crippen molar-refractivity contribution in [3.63, 3.8) is 0 Å². The van der Waals surface area contributed by atoms with Crippen molar-refractivity contribution >= 4 is 0 Å². The van der Waals surface area contributed by atoms with E-state index in [-0.39, 0.29) is 12.5 Å². The third kappa shape index (κ3) is 7.00. The SMILES string of the molecule is Cc1c(OCCCN2CCCC2)cccc1-c1cccc(OCCCN2CCC(CO)C(O)C2)c1C. The molecule has 2 N–H and O–H groups in total. The van der Waals surface area contributed by atoms with Gasteiger partial charge in [0.25, 0.3) is 0 Å². The van der Waals surface area contributed by atoms with Crippen molar-refractivity contribution in [1.29, 1.82) is 0 Å². The number of ether oxygens (including phenoxy) is 2. The van der Waals surface area contributed by atoms with Crippen molar-refractivity contribution in [2.24, 2.45) is 5.92 Å². The van der Waals surface area contributed by atoms with Gasteiger partial charge in [-0.3, -0.25) is 0 Å². The summed E-state index contributed by atoms with van der Waals surface area (Å²) in [6.07, 6.45) is 5.04. The fourth-order valence-corrected chi connectivity index (χ4v) is 5.53. The van der Waals surface area contributed by atoms with Gasteiger partial charge < -0.3 is 29.5 Å². The molecule has 2 aromatic carbocycles. The molecule has 0 bridgehead atoms. The van der Waals surface area contributed by atoms with Gasteiger partial charge in [0.05, 0.1) is 19.3 Å². The fraction of sp³-hybridized carbons (Fsp3) is 0.600. The number of rotatable bonds is 12. The van der Waals surface area contributed by atoms with Crippen LogP contribution in [0.15, 0.2) is 36.4 Å². The number of hydrogen-bond donors (Lipinski definition) is 2. The summed E-state index contributed by atoms with van der Waals surface area (Å²) in [5.41, 5.74) is 4.69. The highest BCUT2D eigenvalue weighted by atomic mass is 16.5. The number of aliphatic hydroxyl groups is 2. The minimum Gasteiger partial charge on any atom is -0.493 e. The van der Waals surface area contributed by atoms with Gasteiger partial charge in [-0.2, -0.15) is 0 Å². The molecule has 0 amide bonds. The van der Waals surface area contributed by atoms with Crippen LogP contribution in [0.5, 0.6) is 11.5 Å². The van der Waals surface area contributed by atoms with E-state index >= 15 is 0 Å². The normalized spacial score (nSPS) is 21.1. The van der Waals surface area contributed by atoms with Gasteiger partial charge in [-0.15, -0.1) is 0 Å². The molecule has 6 heteroatoms. The first kappa shape index (κ1) is 26.9. The first-order valence-corrected chi connectivity index (χ1v) is 13.8. The molecule has 2 aliphatic rings. The van der Waals surface area contributed by atoms with Crippen LogP contribution in [0.25, 0.3) is 11.1 Å². The van der Waals surface area contributed by atoms with Gasteiger partial charge >= 0.3 is 0 Å². The molecule has 198 valence electrons. The van der Waals surface area contributed by atoms with Crippen LogP contribution < -0.4 is 9.47 Å². The van der Waals surface area contributed by atoms with Gasteiger partial charge in [0.15, 0.2) is 0 Å². The minimum absolute atomic E-state index is 0.0187. The minimum atomic E-state index is -0.434.